The lowest BCUT2D eigenvalue weighted by molar-refractivity contribution is -0.908. The largest absolute Gasteiger partial charge is 0.503 e. The summed E-state index contributed by atoms with van der Waals surface area (Å²) in [6.45, 7) is 6.35. The molecular weight excluding hydrogens is 400 g/mol. The van der Waals surface area contributed by atoms with Gasteiger partial charge in [-0.1, -0.05) is 28.1 Å². The molecule has 2 N–H and O–H groups in total. The first-order valence-electron chi connectivity index (χ1n) is 8.91. The Kier molecular flexibility index (Phi) is 6.11. The topological polar surface area (TPSA) is 71.3 Å². The van der Waals surface area contributed by atoms with E-state index in [0.717, 1.165) is 49.3 Å². The fourth-order valence-corrected chi connectivity index (χ4v) is 3.91. The summed E-state index contributed by atoms with van der Waals surface area (Å²) in [7, 11) is 0. The zero-order valence-corrected chi connectivity index (χ0v) is 16.4. The van der Waals surface area contributed by atoms with E-state index < -0.39 is 17.7 Å². The number of hydrogen-bond acceptors (Lipinski definition) is 4. The SMILES string of the molecule is CC(=O)C1=C(O)C(=O)N(CCC[NH+]2CCOCC2)[C@H]1c1ccc(Br)cc1. The van der Waals surface area contributed by atoms with Crippen LogP contribution in [0.1, 0.15) is 24.9 Å². The van der Waals surface area contributed by atoms with E-state index in [4.69, 9.17) is 4.74 Å². The number of quaternary nitrogens is 1. The Bertz CT molecular complexity index is 711. The van der Waals surface area contributed by atoms with Gasteiger partial charge >= 0.3 is 0 Å². The van der Waals surface area contributed by atoms with Crippen molar-refractivity contribution in [3.63, 3.8) is 0 Å². The molecule has 2 aliphatic rings. The van der Waals surface area contributed by atoms with E-state index in [0.29, 0.717) is 6.54 Å². The van der Waals surface area contributed by atoms with Crippen molar-refractivity contribution in [1.29, 1.82) is 0 Å². The predicted octanol–water partition coefficient (Wildman–Crippen LogP) is 1.04. The summed E-state index contributed by atoms with van der Waals surface area (Å²) in [6, 6.07) is 6.99. The van der Waals surface area contributed by atoms with Gasteiger partial charge < -0.3 is 19.6 Å². The Labute approximate surface area is 161 Å². The smallest absolute Gasteiger partial charge is 0.290 e. The fourth-order valence-electron chi connectivity index (χ4n) is 3.64. The Morgan fingerprint density at radius 2 is 1.96 bits per heavy atom. The number of halogens is 1. The molecule has 1 atom stereocenters. The Morgan fingerprint density at radius 3 is 2.58 bits per heavy atom. The first-order valence-corrected chi connectivity index (χ1v) is 9.70. The molecule has 0 spiro atoms. The molecule has 0 radical (unpaired) electrons. The highest BCUT2D eigenvalue weighted by molar-refractivity contribution is 9.10. The molecule has 1 aromatic carbocycles. The average molecular weight is 424 g/mol. The molecule has 0 aliphatic carbocycles. The van der Waals surface area contributed by atoms with Gasteiger partial charge in [-0.15, -0.1) is 0 Å². The second-order valence-corrected chi connectivity index (χ2v) is 7.65. The Morgan fingerprint density at radius 1 is 1.31 bits per heavy atom. The first-order chi connectivity index (χ1) is 12.5. The molecule has 7 heteroatoms. The van der Waals surface area contributed by atoms with Gasteiger partial charge in [0.1, 0.15) is 13.1 Å². The van der Waals surface area contributed by atoms with E-state index in [1.807, 2.05) is 24.3 Å². The first kappa shape index (κ1) is 19.1. The van der Waals surface area contributed by atoms with Crippen molar-refractivity contribution in [3.05, 3.63) is 45.6 Å². The normalized spacial score (nSPS) is 21.5. The summed E-state index contributed by atoms with van der Waals surface area (Å²) in [5.74, 6) is -1.14. The number of amides is 1. The van der Waals surface area contributed by atoms with Crippen LogP contribution in [0.5, 0.6) is 0 Å². The number of Topliss-reactive ketones (excluding diaryl/α,β-unsaturated/α-hetero) is 1. The highest BCUT2D eigenvalue weighted by Crippen LogP contribution is 2.37. The summed E-state index contributed by atoms with van der Waals surface area (Å²) < 4.78 is 6.29. The highest BCUT2D eigenvalue weighted by atomic mass is 79.9. The van der Waals surface area contributed by atoms with Gasteiger partial charge in [0.05, 0.1) is 31.4 Å². The minimum Gasteiger partial charge on any atom is -0.503 e. The van der Waals surface area contributed by atoms with Crippen LogP contribution in [0.3, 0.4) is 0 Å². The molecule has 1 amide bonds. The van der Waals surface area contributed by atoms with Crippen LogP contribution in [-0.2, 0) is 14.3 Å². The molecule has 26 heavy (non-hydrogen) atoms. The molecule has 0 saturated carbocycles. The minimum atomic E-state index is -0.521. The molecule has 0 unspecified atom stereocenters. The van der Waals surface area contributed by atoms with Gasteiger partial charge in [-0.25, -0.2) is 0 Å². The van der Waals surface area contributed by atoms with Crippen molar-refractivity contribution in [2.24, 2.45) is 0 Å². The molecule has 1 fully saturated rings. The number of aliphatic hydroxyl groups is 1. The van der Waals surface area contributed by atoms with Crippen LogP contribution in [-0.4, -0.2) is 61.1 Å². The van der Waals surface area contributed by atoms with Crippen molar-refractivity contribution < 1.29 is 24.3 Å². The van der Waals surface area contributed by atoms with Gasteiger partial charge in [-0.2, -0.15) is 0 Å². The summed E-state index contributed by atoms with van der Waals surface area (Å²) in [6.07, 6.45) is 0.812. The van der Waals surface area contributed by atoms with E-state index in [1.165, 1.54) is 11.8 Å². The van der Waals surface area contributed by atoms with Crippen molar-refractivity contribution in [2.75, 3.05) is 39.4 Å². The minimum absolute atomic E-state index is 0.191. The van der Waals surface area contributed by atoms with E-state index in [-0.39, 0.29) is 11.4 Å². The third-order valence-corrected chi connectivity index (χ3v) is 5.53. The molecular formula is C19H24BrN2O4+. The lowest BCUT2D eigenvalue weighted by atomic mass is 9.97. The Balaban J connectivity index is 1.76. The summed E-state index contributed by atoms with van der Waals surface area (Å²) in [5, 5.41) is 10.3. The van der Waals surface area contributed by atoms with Crippen LogP contribution in [0.2, 0.25) is 0 Å². The van der Waals surface area contributed by atoms with Crippen LogP contribution < -0.4 is 4.90 Å². The van der Waals surface area contributed by atoms with Gasteiger partial charge in [0.25, 0.3) is 5.91 Å². The van der Waals surface area contributed by atoms with Gasteiger partial charge in [0.15, 0.2) is 11.5 Å². The second-order valence-electron chi connectivity index (χ2n) is 6.74. The van der Waals surface area contributed by atoms with Crippen molar-refractivity contribution in [2.45, 2.75) is 19.4 Å². The molecule has 1 aromatic rings. The van der Waals surface area contributed by atoms with Crippen LogP contribution in [0.15, 0.2) is 40.1 Å². The van der Waals surface area contributed by atoms with Crippen LogP contribution in [0.4, 0.5) is 0 Å². The monoisotopic (exact) mass is 423 g/mol. The molecule has 0 bridgehead atoms. The Hall–Kier alpha value is -1.70. The third-order valence-electron chi connectivity index (χ3n) is 5.00. The zero-order chi connectivity index (χ0) is 18.7. The molecule has 2 aliphatic heterocycles. The number of nitrogens with zero attached hydrogens (tertiary/aromatic N) is 1. The van der Waals surface area contributed by atoms with E-state index >= 15 is 0 Å². The lowest BCUT2D eigenvalue weighted by Gasteiger charge is -2.28. The number of rotatable bonds is 6. The number of aliphatic hydroxyl groups excluding tert-OH is 1. The standard InChI is InChI=1S/C19H23BrN2O4/c1-13(23)16-17(14-3-5-15(20)6-4-14)22(19(25)18(16)24)8-2-7-21-9-11-26-12-10-21/h3-6,17,24H,2,7-12H2,1H3/p+1/t17-/m0/s1. The maximum absolute atomic E-state index is 12.6. The predicted molar refractivity (Wildman–Crippen MR) is 99.9 cm³/mol. The number of nitrogens with one attached hydrogen (secondary N) is 1. The molecule has 0 aromatic heterocycles. The number of ether oxygens (including phenoxy) is 1. The number of morpholine rings is 1. The highest BCUT2D eigenvalue weighted by Gasteiger charge is 2.42. The van der Waals surface area contributed by atoms with Gasteiger partial charge in [-0.3, -0.25) is 9.59 Å². The maximum atomic E-state index is 12.6. The quantitative estimate of drug-likeness (QED) is 0.716. The number of ketones is 1. The molecule has 1 saturated heterocycles. The van der Waals surface area contributed by atoms with E-state index in [2.05, 4.69) is 15.9 Å². The van der Waals surface area contributed by atoms with E-state index in [1.54, 1.807) is 4.90 Å². The molecule has 2 heterocycles. The van der Waals surface area contributed by atoms with Gasteiger partial charge in [-0.05, 0) is 24.6 Å². The number of hydrogen-bond donors (Lipinski definition) is 2. The van der Waals surface area contributed by atoms with Gasteiger partial charge in [0, 0.05) is 17.4 Å². The maximum Gasteiger partial charge on any atom is 0.290 e. The van der Waals surface area contributed by atoms with Crippen molar-refractivity contribution in [3.8, 4) is 0 Å². The number of carbonyl (C=O) groups excluding carboxylic acids is 2. The molecule has 6 nitrogen and oxygen atoms in total. The van der Waals surface area contributed by atoms with Crippen LogP contribution in [0, 0.1) is 0 Å². The van der Waals surface area contributed by atoms with Crippen molar-refractivity contribution in [1.82, 2.24) is 4.90 Å². The summed E-state index contributed by atoms with van der Waals surface area (Å²) in [4.78, 5) is 27.8. The van der Waals surface area contributed by atoms with Crippen LogP contribution >= 0.6 is 15.9 Å². The van der Waals surface area contributed by atoms with E-state index in [9.17, 15) is 14.7 Å². The lowest BCUT2D eigenvalue weighted by Crippen LogP contribution is -3.14. The summed E-state index contributed by atoms with van der Waals surface area (Å²) >= 11 is 3.40. The van der Waals surface area contributed by atoms with Crippen LogP contribution in [0.25, 0.3) is 0 Å². The third kappa shape index (κ3) is 4.00. The number of carbonyl (C=O) groups is 2. The number of benzene rings is 1. The fraction of sp³-hybridized carbons (Fsp3) is 0.474. The zero-order valence-electron chi connectivity index (χ0n) is 14.8. The average Bonchev–Trinajstić information content (AvgIpc) is 2.88. The molecule has 140 valence electrons. The molecule has 3 rings (SSSR count). The van der Waals surface area contributed by atoms with Crippen molar-refractivity contribution >= 4 is 27.6 Å². The van der Waals surface area contributed by atoms with Gasteiger partial charge in [0.2, 0.25) is 0 Å². The second kappa shape index (κ2) is 8.33. The summed E-state index contributed by atoms with van der Waals surface area (Å²) in [5.41, 5.74) is 1.02.